The van der Waals surface area contributed by atoms with Crippen molar-refractivity contribution in [3.8, 4) is 11.5 Å². The van der Waals surface area contributed by atoms with Gasteiger partial charge >= 0.3 is 30.0 Å². The summed E-state index contributed by atoms with van der Waals surface area (Å²) < 4.78 is 48.5. The van der Waals surface area contributed by atoms with Crippen molar-refractivity contribution in [2.75, 3.05) is 19.0 Å². The first-order valence-electron chi connectivity index (χ1n) is 21.0. The maximum Gasteiger partial charge on any atom is 0.411 e. The summed E-state index contributed by atoms with van der Waals surface area (Å²) in [5, 5.41) is 2.74. The highest BCUT2D eigenvalue weighted by Crippen LogP contribution is 2.40. The fraction of sp³-hybridized carbons (Fsp3) is 0.212. The molecule has 1 saturated heterocycles. The zero-order valence-electron chi connectivity index (χ0n) is 36.3. The molecule has 14 nitrogen and oxygen atoms in total. The van der Waals surface area contributed by atoms with E-state index in [4.69, 9.17) is 37.9 Å². The predicted molar refractivity (Wildman–Crippen MR) is 240 cm³/mol. The smallest absolute Gasteiger partial charge is 0.411 e. The van der Waals surface area contributed by atoms with Crippen LogP contribution in [0.15, 0.2) is 164 Å². The van der Waals surface area contributed by atoms with Gasteiger partial charge in [-0.3, -0.25) is 10.1 Å². The van der Waals surface area contributed by atoms with E-state index in [1.165, 1.54) is 37.3 Å². The molecule has 0 spiro atoms. The third kappa shape index (κ3) is 11.8. The molecule has 1 fully saturated rings. The van der Waals surface area contributed by atoms with Gasteiger partial charge in [0, 0.05) is 25.1 Å². The number of methoxy groups -OCH3 is 1. The first-order chi connectivity index (χ1) is 32.0. The summed E-state index contributed by atoms with van der Waals surface area (Å²) >= 11 is 0. The molecule has 66 heavy (non-hydrogen) atoms. The molecule has 1 aliphatic heterocycles. The minimum absolute atomic E-state index is 0.0103. The van der Waals surface area contributed by atoms with Crippen molar-refractivity contribution in [2.45, 2.75) is 57.1 Å². The van der Waals surface area contributed by atoms with Gasteiger partial charge in [0.2, 0.25) is 12.4 Å². The van der Waals surface area contributed by atoms with E-state index in [-0.39, 0.29) is 41.2 Å². The van der Waals surface area contributed by atoms with E-state index < -0.39 is 66.8 Å². The van der Waals surface area contributed by atoms with Crippen LogP contribution in [0.1, 0.15) is 61.6 Å². The van der Waals surface area contributed by atoms with Crippen LogP contribution in [0.4, 0.5) is 10.5 Å². The number of nitrogens with one attached hydrogen (secondary N) is 1. The minimum atomic E-state index is -1.99. The Hall–Kier alpha value is -7.97. The highest BCUT2D eigenvalue weighted by atomic mass is 16.7. The van der Waals surface area contributed by atoms with E-state index >= 15 is 0 Å². The highest BCUT2D eigenvalue weighted by Gasteiger charge is 2.61. The lowest BCUT2D eigenvalue weighted by Crippen LogP contribution is -2.70. The summed E-state index contributed by atoms with van der Waals surface area (Å²) in [4.78, 5) is 67.7. The molecular weight excluding hydrogens is 847 g/mol. The monoisotopic (exact) mass is 893 g/mol. The fourth-order valence-corrected chi connectivity index (χ4v) is 7.25. The van der Waals surface area contributed by atoms with Crippen LogP contribution in [0.5, 0.6) is 11.5 Å². The molecule has 0 aliphatic carbocycles. The largest absolute Gasteiger partial charge is 0.497 e. The van der Waals surface area contributed by atoms with Crippen LogP contribution in [0, 0.1) is 0 Å². The third-order valence-corrected chi connectivity index (χ3v) is 10.6. The average Bonchev–Trinajstić information content (AvgIpc) is 3.34. The molecule has 14 heteroatoms. The van der Waals surface area contributed by atoms with Crippen LogP contribution in [0.2, 0.25) is 0 Å². The molecule has 7 rings (SSSR count). The Morgan fingerprint density at radius 2 is 1.20 bits per heavy atom. The Morgan fingerprint density at radius 3 is 1.77 bits per heavy atom. The van der Waals surface area contributed by atoms with Crippen LogP contribution >= 0.6 is 0 Å². The Kier molecular flexibility index (Phi) is 15.1. The lowest BCUT2D eigenvalue weighted by atomic mass is 9.85. The van der Waals surface area contributed by atoms with Gasteiger partial charge in [-0.25, -0.2) is 19.2 Å². The van der Waals surface area contributed by atoms with Gasteiger partial charge in [0.15, 0.2) is 11.7 Å². The quantitative estimate of drug-likeness (QED) is 0.0723. The number of benzene rings is 6. The molecule has 0 saturated carbocycles. The molecule has 0 aromatic heterocycles. The molecule has 1 aliphatic rings. The molecule has 0 bridgehead atoms. The number of rotatable bonds is 16. The van der Waals surface area contributed by atoms with Crippen LogP contribution in [0.3, 0.4) is 0 Å². The summed E-state index contributed by atoms with van der Waals surface area (Å²) in [7, 11) is 1.56. The zero-order valence-corrected chi connectivity index (χ0v) is 36.3. The zero-order chi connectivity index (χ0) is 46.5. The second kappa shape index (κ2) is 21.6. The van der Waals surface area contributed by atoms with Crippen molar-refractivity contribution in [3.63, 3.8) is 0 Å². The first kappa shape index (κ1) is 46.0. The van der Waals surface area contributed by atoms with Crippen molar-refractivity contribution < 1.29 is 61.9 Å². The molecule has 5 atom stereocenters. The molecule has 1 heterocycles. The minimum Gasteiger partial charge on any atom is -0.497 e. The molecule has 6 aromatic rings. The summed E-state index contributed by atoms with van der Waals surface area (Å²) in [5.74, 6) is -2.46. The lowest BCUT2D eigenvalue weighted by molar-refractivity contribution is -0.309. The number of anilines is 1. The summed E-state index contributed by atoms with van der Waals surface area (Å²) in [6, 6.07) is 45.8. The second-order valence-corrected chi connectivity index (χ2v) is 15.3. The van der Waals surface area contributed by atoms with Gasteiger partial charge in [0.05, 0.1) is 23.8 Å². The van der Waals surface area contributed by atoms with E-state index in [0.717, 1.165) is 18.1 Å². The number of esters is 4. The molecule has 0 radical (unpaired) electrons. The number of carbonyl (C=O) groups excluding carboxylic acids is 5. The number of ether oxygens (including phenoxy) is 8. The Balaban J connectivity index is 1.31. The van der Waals surface area contributed by atoms with Crippen LogP contribution in [-0.2, 0) is 46.2 Å². The highest BCUT2D eigenvalue weighted by molar-refractivity contribution is 5.91. The normalized spacial score (nSPS) is 18.7. The number of hydrogen-bond acceptors (Lipinski definition) is 13. The van der Waals surface area contributed by atoms with Crippen molar-refractivity contribution in [1.29, 1.82) is 0 Å². The van der Waals surface area contributed by atoms with Gasteiger partial charge in [-0.15, -0.1) is 0 Å². The van der Waals surface area contributed by atoms with Crippen molar-refractivity contribution in [1.82, 2.24) is 0 Å². The molecule has 6 aromatic carbocycles. The Labute approximate surface area is 381 Å². The number of amides is 1. The van der Waals surface area contributed by atoms with E-state index in [9.17, 15) is 24.0 Å². The number of hydrogen-bond donors (Lipinski definition) is 1. The van der Waals surface area contributed by atoms with Gasteiger partial charge < -0.3 is 37.9 Å². The third-order valence-electron chi connectivity index (χ3n) is 10.6. The maximum atomic E-state index is 14.1. The van der Waals surface area contributed by atoms with E-state index in [2.05, 4.69) is 5.32 Å². The molecular formula is C52H47NO13. The van der Waals surface area contributed by atoms with Crippen molar-refractivity contribution >= 4 is 35.7 Å². The molecule has 1 N–H and O–H groups in total. The van der Waals surface area contributed by atoms with Gasteiger partial charge in [0.25, 0.3) is 0 Å². The summed E-state index contributed by atoms with van der Waals surface area (Å²) in [5.41, 5.74) is 0.981. The SMILES string of the molecule is COc1ccc(Cc2ccc(NC(=O)OCc3ccccc3)cc2O[C@@H]2O[C@H](COC(=O)c3ccccc3)[C@@](C)(OC(C)=O)[C@H](OC(=O)c3ccccc3)[C@H]2OC(=O)c2ccccc2)cc1. The van der Waals surface area contributed by atoms with Gasteiger partial charge in [-0.1, -0.05) is 103 Å². The summed E-state index contributed by atoms with van der Waals surface area (Å²) in [6.07, 6.45) is -6.88. The topological polar surface area (TPSA) is 171 Å². The molecule has 338 valence electrons. The number of carbonyl (C=O) groups is 5. The van der Waals surface area contributed by atoms with E-state index in [1.54, 1.807) is 98.1 Å². The molecule has 1 amide bonds. The van der Waals surface area contributed by atoms with Gasteiger partial charge in [-0.05, 0) is 78.2 Å². The van der Waals surface area contributed by atoms with Gasteiger partial charge in [-0.2, -0.15) is 0 Å². The van der Waals surface area contributed by atoms with Crippen LogP contribution < -0.4 is 14.8 Å². The summed E-state index contributed by atoms with van der Waals surface area (Å²) in [6.45, 7) is 2.04. The van der Waals surface area contributed by atoms with E-state index in [0.29, 0.717) is 11.3 Å². The van der Waals surface area contributed by atoms with Crippen LogP contribution in [0.25, 0.3) is 0 Å². The Morgan fingerprint density at radius 1 is 0.636 bits per heavy atom. The van der Waals surface area contributed by atoms with Crippen molar-refractivity contribution in [3.05, 3.63) is 197 Å². The Bertz CT molecular complexity index is 2590. The lowest BCUT2D eigenvalue weighted by Gasteiger charge is -2.50. The first-order valence-corrected chi connectivity index (χ1v) is 21.0. The molecule has 0 unspecified atom stereocenters. The fourth-order valence-electron chi connectivity index (χ4n) is 7.25. The van der Waals surface area contributed by atoms with Gasteiger partial charge in [0.1, 0.15) is 30.8 Å². The predicted octanol–water partition coefficient (Wildman–Crippen LogP) is 8.77. The average molecular weight is 894 g/mol. The maximum absolute atomic E-state index is 14.1. The van der Waals surface area contributed by atoms with Crippen LogP contribution in [-0.4, -0.2) is 73.9 Å². The van der Waals surface area contributed by atoms with Crippen molar-refractivity contribution in [2.24, 2.45) is 0 Å². The second-order valence-electron chi connectivity index (χ2n) is 15.3. The van der Waals surface area contributed by atoms with E-state index in [1.807, 2.05) is 42.5 Å². The standard InChI is InChI=1S/C52H47NO13/c1-34(54)66-52(2)44(33-60-47(55)37-18-10-5-11-19-37)63-50(45(64-48(56)38-20-12-6-13-21-38)46(52)65-49(57)39-22-14-7-15-23-39)62-43-31-41(53-51(58)61-32-36-16-8-4-9-17-36)27-26-40(43)30-35-24-28-42(59-3)29-25-35/h4-29,31,44-46,50H,30,32-33H2,1-3H3,(H,53,58)/t44-,45-,46-,50-,52-/m1/s1.